The summed E-state index contributed by atoms with van der Waals surface area (Å²) in [5, 5.41) is 0. The maximum Gasteiger partial charge on any atom is 0.416 e. The molecule has 2 aliphatic rings. The largest absolute Gasteiger partial charge is 0.416 e. The number of hydrogen-bond donors (Lipinski definition) is 0. The lowest BCUT2D eigenvalue weighted by atomic mass is 9.88. The summed E-state index contributed by atoms with van der Waals surface area (Å²) in [5.74, 6) is -14.3. The molecule has 2 aromatic carbocycles. The Morgan fingerprint density at radius 3 is 2.05 bits per heavy atom. The zero-order valence-electron chi connectivity index (χ0n) is 19.3. The van der Waals surface area contributed by atoms with Crippen LogP contribution in [0.3, 0.4) is 0 Å². The van der Waals surface area contributed by atoms with Crippen molar-refractivity contribution in [3.8, 4) is 0 Å². The van der Waals surface area contributed by atoms with Crippen molar-refractivity contribution in [3.05, 3.63) is 70.5 Å². The third-order valence-corrected chi connectivity index (χ3v) is 7.65. The van der Waals surface area contributed by atoms with Crippen LogP contribution in [0.5, 0.6) is 0 Å². The van der Waals surface area contributed by atoms with Crippen LogP contribution >= 0.6 is 11.9 Å². The van der Waals surface area contributed by atoms with Crippen LogP contribution in [-0.4, -0.2) is 47.1 Å². The molecule has 1 fully saturated rings. The Labute approximate surface area is 220 Å². The number of halogens is 13. The van der Waals surface area contributed by atoms with Crippen LogP contribution in [0.1, 0.15) is 39.9 Å². The van der Waals surface area contributed by atoms with E-state index in [4.69, 9.17) is 0 Å². The average Bonchev–Trinajstić information content (AvgIpc) is 3.29. The molecule has 2 heterocycles. The minimum atomic E-state index is -5.88. The van der Waals surface area contributed by atoms with E-state index in [2.05, 4.69) is 4.40 Å². The minimum Gasteiger partial charge on any atom is -0.274 e. The van der Waals surface area contributed by atoms with E-state index in [9.17, 15) is 61.9 Å². The van der Waals surface area contributed by atoms with Gasteiger partial charge in [0.2, 0.25) is 0 Å². The number of rotatable bonds is 3. The van der Waals surface area contributed by atoms with Gasteiger partial charge in [-0.05, 0) is 53.4 Å². The average molecular weight is 612 g/mol. The molecule has 0 aromatic heterocycles. The van der Waals surface area contributed by atoms with Gasteiger partial charge in [-0.3, -0.25) is 9.69 Å². The first-order valence-corrected chi connectivity index (χ1v) is 11.7. The molecule has 4 rings (SSSR count). The number of hydrogen-bond acceptors (Lipinski definition) is 3. The maximum absolute atomic E-state index is 14.2. The van der Waals surface area contributed by atoms with E-state index in [1.165, 1.54) is 0 Å². The summed E-state index contributed by atoms with van der Waals surface area (Å²) < 4.78 is 179. The van der Waals surface area contributed by atoms with Crippen LogP contribution in [0.2, 0.25) is 0 Å². The predicted molar refractivity (Wildman–Crippen MR) is 115 cm³/mol. The fourth-order valence-corrected chi connectivity index (χ4v) is 5.14. The molecule has 1 saturated heterocycles. The molecule has 0 radical (unpaired) electrons. The molecule has 1 unspecified atom stereocenters. The lowest BCUT2D eigenvalue weighted by Gasteiger charge is -2.43. The molecule has 218 valence electrons. The van der Waals surface area contributed by atoms with Gasteiger partial charge in [0.05, 0.1) is 11.3 Å². The number of likely N-dealkylation sites (tertiary alicyclic amines) is 1. The van der Waals surface area contributed by atoms with Crippen LogP contribution in [0.15, 0.2) is 46.9 Å². The molecule has 0 N–H and O–H groups in total. The topological polar surface area (TPSA) is 32.7 Å². The molecule has 0 saturated carbocycles. The molecule has 2 aliphatic heterocycles. The van der Waals surface area contributed by atoms with E-state index in [0.717, 1.165) is 24.3 Å². The smallest absolute Gasteiger partial charge is 0.274 e. The van der Waals surface area contributed by atoms with Crippen molar-refractivity contribution in [1.29, 1.82) is 0 Å². The molecule has 1 amide bonds. The molecule has 40 heavy (non-hydrogen) atoms. The van der Waals surface area contributed by atoms with E-state index < -0.39 is 87.7 Å². The van der Waals surface area contributed by atoms with Crippen molar-refractivity contribution in [1.82, 2.24) is 4.90 Å². The summed E-state index contributed by atoms with van der Waals surface area (Å²) in [4.78, 5) is 11.7. The van der Waals surface area contributed by atoms with E-state index in [1.807, 2.05) is 0 Å². The van der Waals surface area contributed by atoms with Crippen molar-refractivity contribution in [2.45, 2.75) is 47.8 Å². The lowest BCUT2D eigenvalue weighted by molar-refractivity contribution is -0.367. The monoisotopic (exact) mass is 612 g/mol. The molecule has 0 aliphatic carbocycles. The van der Waals surface area contributed by atoms with Gasteiger partial charge in [0.25, 0.3) is 5.91 Å². The fourth-order valence-electron chi connectivity index (χ4n) is 4.17. The standard InChI is InChI=1S/C23H13F13N2OS/c24-15-8-13(7-14(9-15)20(27,28)29)18(22(32,33)34)10-16(37-40-18)11-1-3-12(4-2-11)17(39)38-6-5-19(25,26)21(30,31)23(38,35)36/h1-4,7-9H,5-6,10H2. The van der Waals surface area contributed by atoms with Gasteiger partial charge in [-0.1, -0.05) is 12.1 Å². The third-order valence-electron chi connectivity index (χ3n) is 6.41. The Bertz CT molecular complexity index is 1350. The SMILES string of the molecule is O=C(c1ccc(C2=NSC(c3cc(F)cc(C(F)(F)F)c3)(C(F)(F)F)C2)cc1)N1CCC(F)(F)C(F)(F)C1(F)F. The molecule has 17 heteroatoms. The van der Waals surface area contributed by atoms with Crippen LogP contribution < -0.4 is 0 Å². The van der Waals surface area contributed by atoms with Crippen LogP contribution in [0, 0.1) is 5.82 Å². The second kappa shape index (κ2) is 9.27. The van der Waals surface area contributed by atoms with Gasteiger partial charge in [-0.15, -0.1) is 0 Å². The van der Waals surface area contributed by atoms with E-state index in [0.29, 0.717) is 0 Å². The summed E-state index contributed by atoms with van der Waals surface area (Å²) in [6, 6.07) is -1.80. The van der Waals surface area contributed by atoms with Crippen molar-refractivity contribution in [2.75, 3.05) is 6.54 Å². The summed E-state index contributed by atoms with van der Waals surface area (Å²) in [5.41, 5.74) is -3.98. The summed E-state index contributed by atoms with van der Waals surface area (Å²) in [6.45, 7) is -1.43. The Morgan fingerprint density at radius 1 is 0.900 bits per heavy atom. The number of benzene rings is 2. The highest BCUT2D eigenvalue weighted by atomic mass is 32.2. The van der Waals surface area contributed by atoms with Gasteiger partial charge in [0.15, 0.2) is 4.75 Å². The van der Waals surface area contributed by atoms with Crippen LogP contribution in [-0.2, 0) is 10.9 Å². The van der Waals surface area contributed by atoms with Crippen molar-refractivity contribution >= 4 is 23.6 Å². The van der Waals surface area contributed by atoms with E-state index >= 15 is 0 Å². The number of amides is 1. The van der Waals surface area contributed by atoms with Gasteiger partial charge < -0.3 is 0 Å². The Morgan fingerprint density at radius 2 is 1.50 bits per heavy atom. The highest BCUT2D eigenvalue weighted by Gasteiger charge is 2.77. The zero-order chi connectivity index (χ0) is 30.1. The zero-order valence-corrected chi connectivity index (χ0v) is 20.1. The van der Waals surface area contributed by atoms with Crippen LogP contribution in [0.25, 0.3) is 0 Å². The molecular weight excluding hydrogens is 599 g/mol. The molecular formula is C23H13F13N2OS. The maximum atomic E-state index is 14.2. The molecule has 0 bridgehead atoms. The Balaban J connectivity index is 1.62. The normalized spacial score (nSPS) is 24.1. The first-order valence-electron chi connectivity index (χ1n) is 10.9. The molecule has 0 spiro atoms. The summed E-state index contributed by atoms with van der Waals surface area (Å²) in [6.07, 6.45) is -13.3. The number of piperidine rings is 1. The fraction of sp³-hybridized carbons (Fsp3) is 0.391. The number of carbonyl (C=O) groups excluding carboxylic acids is 1. The van der Waals surface area contributed by atoms with Crippen LogP contribution in [0.4, 0.5) is 57.1 Å². The summed E-state index contributed by atoms with van der Waals surface area (Å²) in [7, 11) is 0. The van der Waals surface area contributed by atoms with Gasteiger partial charge in [0.1, 0.15) is 5.82 Å². The van der Waals surface area contributed by atoms with E-state index in [-0.39, 0.29) is 41.4 Å². The Kier molecular flexibility index (Phi) is 6.95. The highest BCUT2D eigenvalue weighted by molar-refractivity contribution is 7.99. The van der Waals surface area contributed by atoms with Gasteiger partial charge in [0, 0.05) is 24.9 Å². The van der Waals surface area contributed by atoms with Gasteiger partial charge in [-0.2, -0.15) is 52.7 Å². The predicted octanol–water partition coefficient (Wildman–Crippen LogP) is 7.85. The van der Waals surface area contributed by atoms with Crippen molar-refractivity contribution < 1.29 is 61.9 Å². The second-order valence-corrected chi connectivity index (χ2v) is 10.0. The van der Waals surface area contributed by atoms with Crippen molar-refractivity contribution in [2.24, 2.45) is 4.40 Å². The minimum absolute atomic E-state index is 0.0214. The lowest BCUT2D eigenvalue weighted by Crippen LogP contribution is -2.68. The second-order valence-electron chi connectivity index (χ2n) is 8.96. The summed E-state index contributed by atoms with van der Waals surface area (Å²) >= 11 is -0.186. The molecule has 2 aromatic rings. The first kappa shape index (κ1) is 30.0. The number of alkyl halides is 12. The quantitative estimate of drug-likeness (QED) is 0.201. The van der Waals surface area contributed by atoms with Gasteiger partial charge >= 0.3 is 30.2 Å². The Hall–Kier alpha value is -2.98. The number of nitrogens with zero attached hydrogens (tertiary/aromatic N) is 2. The third kappa shape index (κ3) is 4.68. The van der Waals surface area contributed by atoms with E-state index in [1.54, 1.807) is 0 Å². The molecule has 3 nitrogen and oxygen atoms in total. The first-order chi connectivity index (χ1) is 18.1. The number of carbonyl (C=O) groups is 1. The molecule has 1 atom stereocenters. The van der Waals surface area contributed by atoms with Crippen molar-refractivity contribution in [3.63, 3.8) is 0 Å². The van der Waals surface area contributed by atoms with Gasteiger partial charge in [-0.25, -0.2) is 8.79 Å². The highest BCUT2D eigenvalue weighted by Crippen LogP contribution is 2.57.